The molecule has 1 saturated heterocycles. The van der Waals surface area contributed by atoms with Gasteiger partial charge in [-0.1, -0.05) is 12.8 Å². The van der Waals surface area contributed by atoms with Gasteiger partial charge >= 0.3 is 0 Å². The molecule has 21 heavy (non-hydrogen) atoms. The first-order chi connectivity index (χ1) is 10.2. The van der Waals surface area contributed by atoms with Crippen LogP contribution in [0.5, 0.6) is 0 Å². The summed E-state index contributed by atoms with van der Waals surface area (Å²) in [7, 11) is 0. The molecule has 2 heterocycles. The highest BCUT2D eigenvalue weighted by molar-refractivity contribution is 9.13. The highest BCUT2D eigenvalue weighted by atomic mass is 79.9. The Morgan fingerprint density at radius 3 is 2.38 bits per heavy atom. The van der Waals surface area contributed by atoms with E-state index in [4.69, 9.17) is 5.73 Å². The molecule has 0 radical (unpaired) electrons. The van der Waals surface area contributed by atoms with Crippen molar-refractivity contribution < 1.29 is 0 Å². The normalized spacial score (nSPS) is 23.8. The first-order valence-electron chi connectivity index (χ1n) is 7.82. The molecule has 0 spiro atoms. The summed E-state index contributed by atoms with van der Waals surface area (Å²) in [5, 5.41) is 0. The number of hydrogen-bond donors (Lipinski definition) is 1. The smallest absolute Gasteiger partial charge is 0.0843 e. The second-order valence-corrected chi connectivity index (χ2v) is 9.29. The fraction of sp³-hybridized carbons (Fsp3) is 0.733. The summed E-state index contributed by atoms with van der Waals surface area (Å²) in [4.78, 5) is 6.64. The molecule has 1 aromatic rings. The largest absolute Gasteiger partial charge is 0.329 e. The molecule has 2 fully saturated rings. The van der Waals surface area contributed by atoms with E-state index < -0.39 is 0 Å². The van der Waals surface area contributed by atoms with Gasteiger partial charge in [0.25, 0.3) is 0 Å². The van der Waals surface area contributed by atoms with E-state index in [1.807, 2.05) is 0 Å². The monoisotopic (exact) mass is 435 g/mol. The van der Waals surface area contributed by atoms with Crippen molar-refractivity contribution in [1.82, 2.24) is 9.80 Å². The molecule has 1 aliphatic heterocycles. The van der Waals surface area contributed by atoms with Crippen molar-refractivity contribution in [3.8, 4) is 0 Å². The lowest BCUT2D eigenvalue weighted by Gasteiger charge is -2.41. The maximum Gasteiger partial charge on any atom is 0.0843 e. The third kappa shape index (κ3) is 3.72. The zero-order valence-electron chi connectivity index (χ0n) is 12.2. The second kappa shape index (κ2) is 7.41. The van der Waals surface area contributed by atoms with Crippen LogP contribution in [0.25, 0.3) is 0 Å². The number of nitrogens with two attached hydrogens (primary N) is 1. The van der Waals surface area contributed by atoms with Crippen LogP contribution >= 0.6 is 43.2 Å². The minimum absolute atomic E-state index is 0.364. The zero-order chi connectivity index (χ0) is 14.8. The van der Waals surface area contributed by atoms with Crippen molar-refractivity contribution in [2.75, 3.05) is 32.7 Å². The fourth-order valence-electron chi connectivity index (χ4n) is 3.66. The van der Waals surface area contributed by atoms with Crippen LogP contribution < -0.4 is 5.73 Å². The third-order valence-electron chi connectivity index (χ3n) is 4.85. The molecule has 6 heteroatoms. The average Bonchev–Trinajstić information content (AvgIpc) is 3.12. The van der Waals surface area contributed by atoms with E-state index in [0.717, 1.165) is 23.6 Å². The lowest BCUT2D eigenvalue weighted by molar-refractivity contribution is 0.0732. The minimum Gasteiger partial charge on any atom is -0.329 e. The Kier molecular flexibility index (Phi) is 5.78. The highest BCUT2D eigenvalue weighted by Crippen LogP contribution is 2.37. The summed E-state index contributed by atoms with van der Waals surface area (Å²) < 4.78 is 2.31. The van der Waals surface area contributed by atoms with E-state index in [1.54, 1.807) is 11.3 Å². The molecule has 3 nitrogen and oxygen atoms in total. The Balaban J connectivity index is 1.61. The SMILES string of the molecule is NCC(c1cc(Br)c(Br)s1)N1CCN(C2CCCC2)CC1. The molecule has 0 aromatic carbocycles. The van der Waals surface area contributed by atoms with Crippen LogP contribution in [0.15, 0.2) is 14.3 Å². The van der Waals surface area contributed by atoms with Gasteiger partial charge in [0.15, 0.2) is 0 Å². The molecule has 2 aliphatic rings. The standard InChI is InChI=1S/C15H23Br2N3S/c16-12-9-14(21-15(12)17)13(10-18)20-7-5-19(6-8-20)11-3-1-2-4-11/h9,11,13H,1-8,10,18H2. The molecule has 1 unspecified atom stereocenters. The van der Waals surface area contributed by atoms with Gasteiger partial charge in [-0.25, -0.2) is 0 Å². The Bertz CT molecular complexity index is 446. The first kappa shape index (κ1) is 16.4. The van der Waals surface area contributed by atoms with E-state index in [-0.39, 0.29) is 0 Å². The van der Waals surface area contributed by atoms with E-state index in [2.05, 4.69) is 47.7 Å². The van der Waals surface area contributed by atoms with Crippen molar-refractivity contribution in [3.05, 3.63) is 19.2 Å². The van der Waals surface area contributed by atoms with Gasteiger partial charge in [0.1, 0.15) is 0 Å². The predicted octanol–water partition coefficient (Wildman–Crippen LogP) is 3.83. The van der Waals surface area contributed by atoms with Gasteiger partial charge in [-0.2, -0.15) is 0 Å². The fourth-order valence-corrected chi connectivity index (χ4v) is 5.89. The molecule has 0 amide bonds. The molecular weight excluding hydrogens is 414 g/mol. The van der Waals surface area contributed by atoms with Gasteiger partial charge in [0.2, 0.25) is 0 Å². The van der Waals surface area contributed by atoms with Gasteiger partial charge in [-0.3, -0.25) is 9.80 Å². The molecule has 3 rings (SSSR count). The predicted molar refractivity (Wildman–Crippen MR) is 96.9 cm³/mol. The lowest BCUT2D eigenvalue weighted by Crippen LogP contribution is -2.51. The molecule has 1 aromatic heterocycles. The molecular formula is C15H23Br2N3S. The molecule has 1 aliphatic carbocycles. The summed E-state index contributed by atoms with van der Waals surface area (Å²) in [6.45, 7) is 5.39. The number of hydrogen-bond acceptors (Lipinski definition) is 4. The first-order valence-corrected chi connectivity index (χ1v) is 10.2. The van der Waals surface area contributed by atoms with E-state index in [1.165, 1.54) is 47.4 Å². The van der Waals surface area contributed by atoms with Gasteiger partial charge in [0.05, 0.1) is 9.83 Å². The summed E-state index contributed by atoms with van der Waals surface area (Å²) in [5.74, 6) is 0. The van der Waals surface area contributed by atoms with E-state index >= 15 is 0 Å². The Hall–Kier alpha value is 0.540. The molecule has 2 N–H and O–H groups in total. The van der Waals surface area contributed by atoms with Crippen molar-refractivity contribution in [1.29, 1.82) is 0 Å². The van der Waals surface area contributed by atoms with Gasteiger partial charge in [0, 0.05) is 48.1 Å². The Labute approximate surface area is 148 Å². The van der Waals surface area contributed by atoms with Crippen molar-refractivity contribution in [3.63, 3.8) is 0 Å². The van der Waals surface area contributed by atoms with Crippen LogP contribution in [0.3, 0.4) is 0 Å². The average molecular weight is 437 g/mol. The second-order valence-electron chi connectivity index (χ2n) is 6.03. The van der Waals surface area contributed by atoms with E-state index in [0.29, 0.717) is 12.6 Å². The van der Waals surface area contributed by atoms with Crippen LogP contribution in [0.4, 0.5) is 0 Å². The maximum atomic E-state index is 6.07. The van der Waals surface area contributed by atoms with Gasteiger partial charge < -0.3 is 5.73 Å². The van der Waals surface area contributed by atoms with Crippen molar-refractivity contribution >= 4 is 43.2 Å². The third-order valence-corrected chi connectivity index (χ3v) is 8.20. The van der Waals surface area contributed by atoms with Gasteiger partial charge in [-0.05, 0) is 50.8 Å². The zero-order valence-corrected chi connectivity index (χ0v) is 16.2. The Morgan fingerprint density at radius 1 is 1.19 bits per heavy atom. The molecule has 0 bridgehead atoms. The number of rotatable bonds is 4. The number of thiophene rings is 1. The van der Waals surface area contributed by atoms with E-state index in [9.17, 15) is 0 Å². The van der Waals surface area contributed by atoms with Crippen LogP contribution in [-0.4, -0.2) is 48.6 Å². The minimum atomic E-state index is 0.364. The van der Waals surface area contributed by atoms with Crippen LogP contribution in [0, 0.1) is 0 Å². The maximum absolute atomic E-state index is 6.07. The summed E-state index contributed by atoms with van der Waals surface area (Å²) >= 11 is 8.98. The topological polar surface area (TPSA) is 32.5 Å². The van der Waals surface area contributed by atoms with Crippen LogP contribution in [0.2, 0.25) is 0 Å². The van der Waals surface area contributed by atoms with Crippen molar-refractivity contribution in [2.45, 2.75) is 37.8 Å². The quantitative estimate of drug-likeness (QED) is 0.778. The Morgan fingerprint density at radius 2 is 1.86 bits per heavy atom. The summed E-state index contributed by atoms with van der Waals surface area (Å²) in [6.07, 6.45) is 5.66. The number of halogens is 2. The van der Waals surface area contributed by atoms with Crippen LogP contribution in [0.1, 0.15) is 36.6 Å². The van der Waals surface area contributed by atoms with Crippen molar-refractivity contribution in [2.24, 2.45) is 5.73 Å². The molecule has 1 saturated carbocycles. The lowest BCUT2D eigenvalue weighted by atomic mass is 10.1. The number of piperazine rings is 1. The molecule has 1 atom stereocenters. The number of nitrogens with zero attached hydrogens (tertiary/aromatic N) is 2. The highest BCUT2D eigenvalue weighted by Gasteiger charge is 2.29. The summed E-state index contributed by atoms with van der Waals surface area (Å²) in [6, 6.07) is 3.44. The summed E-state index contributed by atoms with van der Waals surface area (Å²) in [5.41, 5.74) is 6.07. The van der Waals surface area contributed by atoms with Crippen LogP contribution in [-0.2, 0) is 0 Å². The molecule has 118 valence electrons. The van der Waals surface area contributed by atoms with Gasteiger partial charge in [-0.15, -0.1) is 11.3 Å².